The van der Waals surface area contributed by atoms with Crippen molar-refractivity contribution in [1.82, 2.24) is 10.2 Å². The maximum atomic E-state index is 14.5. The number of unbranched alkanes of at least 4 members (excludes halogenated alkanes) is 1. The fourth-order valence-corrected chi connectivity index (χ4v) is 6.37. The molecule has 2 amide bonds. The minimum atomic E-state index is -4.19. The molecule has 1 atom stereocenters. The van der Waals surface area contributed by atoms with Crippen LogP contribution in [-0.4, -0.2) is 51.4 Å². The van der Waals surface area contributed by atoms with Gasteiger partial charge in [-0.3, -0.25) is 13.9 Å². The average molecular weight is 628 g/mol. The number of sulfonamides is 1. The van der Waals surface area contributed by atoms with E-state index >= 15 is 0 Å². The highest BCUT2D eigenvalue weighted by molar-refractivity contribution is 7.92. The first-order valence-corrected chi connectivity index (χ1v) is 16.6. The van der Waals surface area contributed by atoms with Crippen LogP contribution in [0.5, 0.6) is 5.75 Å². The van der Waals surface area contributed by atoms with Gasteiger partial charge in [0.25, 0.3) is 10.0 Å². The first kappa shape index (κ1) is 33.3. The Balaban J connectivity index is 1.77. The van der Waals surface area contributed by atoms with Gasteiger partial charge in [-0.15, -0.1) is 0 Å². The van der Waals surface area contributed by atoms with Crippen LogP contribution in [0.15, 0.2) is 114 Å². The summed E-state index contributed by atoms with van der Waals surface area (Å²) in [6.07, 6.45) is 1.98. The number of ether oxygens (including phenoxy) is 1. The molecule has 4 aromatic carbocycles. The van der Waals surface area contributed by atoms with Crippen LogP contribution < -0.4 is 14.4 Å². The molecule has 4 rings (SSSR count). The molecule has 0 spiro atoms. The zero-order valence-corrected chi connectivity index (χ0v) is 26.9. The third kappa shape index (κ3) is 8.95. The number of nitrogens with zero attached hydrogens (tertiary/aromatic N) is 2. The molecule has 0 saturated heterocycles. The second-order valence-corrected chi connectivity index (χ2v) is 12.7. The lowest BCUT2D eigenvalue weighted by molar-refractivity contribution is -0.140. The van der Waals surface area contributed by atoms with Crippen LogP contribution in [0.3, 0.4) is 0 Å². The number of carbonyl (C=O) groups excluding carboxylic acids is 2. The average Bonchev–Trinajstić information content (AvgIpc) is 3.06. The van der Waals surface area contributed by atoms with Crippen molar-refractivity contribution in [2.45, 2.75) is 50.6 Å². The van der Waals surface area contributed by atoms with Gasteiger partial charge in [0.15, 0.2) is 0 Å². The highest BCUT2D eigenvalue weighted by Gasteiger charge is 2.34. The number of aryl methyl sites for hydroxylation is 1. The van der Waals surface area contributed by atoms with Gasteiger partial charge < -0.3 is 15.0 Å². The van der Waals surface area contributed by atoms with Gasteiger partial charge in [-0.2, -0.15) is 0 Å². The van der Waals surface area contributed by atoms with Crippen LogP contribution in [0.25, 0.3) is 0 Å². The zero-order valence-electron chi connectivity index (χ0n) is 26.1. The molecule has 0 unspecified atom stereocenters. The van der Waals surface area contributed by atoms with Gasteiger partial charge in [-0.25, -0.2) is 8.42 Å². The number of amides is 2. The number of nitrogens with one attached hydrogen (secondary N) is 1. The number of rotatable bonds is 15. The lowest BCUT2D eigenvalue weighted by atomic mass is 10.0. The first-order chi connectivity index (χ1) is 21.7. The molecule has 0 saturated carbocycles. The van der Waals surface area contributed by atoms with E-state index < -0.39 is 28.5 Å². The molecule has 0 radical (unpaired) electrons. The number of carbonyl (C=O) groups is 2. The van der Waals surface area contributed by atoms with Crippen LogP contribution in [0.4, 0.5) is 5.69 Å². The van der Waals surface area contributed by atoms with E-state index in [-0.39, 0.29) is 23.8 Å². The summed E-state index contributed by atoms with van der Waals surface area (Å²) in [7, 11) is -2.68. The van der Waals surface area contributed by atoms with Gasteiger partial charge in [0.05, 0.1) is 17.7 Å². The third-order valence-corrected chi connectivity index (χ3v) is 9.33. The largest absolute Gasteiger partial charge is 0.497 e. The van der Waals surface area contributed by atoms with Crippen LogP contribution in [0, 0.1) is 6.92 Å². The molecule has 8 nitrogen and oxygen atoms in total. The Kier molecular flexibility index (Phi) is 11.8. The summed E-state index contributed by atoms with van der Waals surface area (Å²) in [5.74, 6) is -0.265. The van der Waals surface area contributed by atoms with Crippen LogP contribution in [0.1, 0.15) is 36.5 Å². The molecule has 0 aliphatic rings. The highest BCUT2D eigenvalue weighted by atomic mass is 32.2. The SMILES string of the molecule is CCCCNC(=O)[C@@H](Cc1ccccc1)N(Cc1ccccc1)C(=O)CN(c1ccc(C)cc1)S(=O)(=O)c1ccc(OC)cc1. The second kappa shape index (κ2) is 15.9. The molecule has 0 aliphatic carbocycles. The molecule has 0 fully saturated rings. The van der Waals surface area contributed by atoms with Crippen molar-refractivity contribution in [2.75, 3.05) is 24.5 Å². The minimum absolute atomic E-state index is 0.0180. The zero-order chi connectivity index (χ0) is 32.2. The summed E-state index contributed by atoms with van der Waals surface area (Å²) in [4.78, 5) is 29.8. The van der Waals surface area contributed by atoms with Gasteiger partial charge in [-0.1, -0.05) is 91.7 Å². The first-order valence-electron chi connectivity index (χ1n) is 15.1. The van der Waals surface area contributed by atoms with Crippen molar-refractivity contribution in [3.63, 3.8) is 0 Å². The molecular weight excluding hydrogens is 586 g/mol. The number of anilines is 1. The Morgan fingerprint density at radius 1 is 0.822 bits per heavy atom. The molecule has 1 N–H and O–H groups in total. The van der Waals surface area contributed by atoms with E-state index in [0.29, 0.717) is 18.0 Å². The van der Waals surface area contributed by atoms with Gasteiger partial charge in [0, 0.05) is 19.5 Å². The van der Waals surface area contributed by atoms with E-state index in [0.717, 1.165) is 33.8 Å². The highest BCUT2D eigenvalue weighted by Crippen LogP contribution is 2.26. The summed E-state index contributed by atoms with van der Waals surface area (Å²) in [6.45, 7) is 4.06. The van der Waals surface area contributed by atoms with Gasteiger partial charge in [0.1, 0.15) is 18.3 Å². The van der Waals surface area contributed by atoms with Gasteiger partial charge >= 0.3 is 0 Å². The van der Waals surface area contributed by atoms with Crippen molar-refractivity contribution in [1.29, 1.82) is 0 Å². The summed E-state index contributed by atoms with van der Waals surface area (Å²) >= 11 is 0. The van der Waals surface area contributed by atoms with Crippen molar-refractivity contribution < 1.29 is 22.7 Å². The Bertz CT molecular complexity index is 1630. The van der Waals surface area contributed by atoms with Crippen molar-refractivity contribution in [3.05, 3.63) is 126 Å². The predicted octanol–water partition coefficient (Wildman–Crippen LogP) is 5.76. The summed E-state index contributed by atoms with van der Waals surface area (Å²) in [6, 6.07) is 31.1. The summed E-state index contributed by atoms with van der Waals surface area (Å²) in [5.41, 5.74) is 3.01. The Labute approximate surface area is 266 Å². The number of hydrogen-bond acceptors (Lipinski definition) is 5. The van der Waals surface area contributed by atoms with Crippen LogP contribution in [-0.2, 0) is 32.6 Å². The normalized spacial score (nSPS) is 11.8. The number of benzene rings is 4. The lowest BCUT2D eigenvalue weighted by Crippen LogP contribution is -2.53. The molecule has 0 aromatic heterocycles. The van der Waals surface area contributed by atoms with Crippen molar-refractivity contribution >= 4 is 27.5 Å². The second-order valence-electron chi connectivity index (χ2n) is 10.9. The Morgan fingerprint density at radius 2 is 1.42 bits per heavy atom. The monoisotopic (exact) mass is 627 g/mol. The number of methoxy groups -OCH3 is 1. The van der Waals surface area contributed by atoms with Crippen LogP contribution in [0.2, 0.25) is 0 Å². The molecule has 45 heavy (non-hydrogen) atoms. The van der Waals surface area contributed by atoms with Crippen molar-refractivity contribution in [3.8, 4) is 5.75 Å². The molecule has 0 heterocycles. The quantitative estimate of drug-likeness (QED) is 0.169. The van der Waals surface area contributed by atoms with Crippen LogP contribution >= 0.6 is 0 Å². The topological polar surface area (TPSA) is 96.0 Å². The third-order valence-electron chi connectivity index (χ3n) is 7.54. The van der Waals surface area contributed by atoms with E-state index in [1.54, 1.807) is 36.4 Å². The van der Waals surface area contributed by atoms with E-state index in [1.165, 1.54) is 24.1 Å². The fraction of sp³-hybridized carbons (Fsp3) is 0.278. The molecule has 9 heteroatoms. The smallest absolute Gasteiger partial charge is 0.264 e. The maximum absolute atomic E-state index is 14.5. The molecule has 0 bridgehead atoms. The number of hydrogen-bond donors (Lipinski definition) is 1. The van der Waals surface area contributed by atoms with Gasteiger partial charge in [0.2, 0.25) is 11.8 Å². The Morgan fingerprint density at radius 3 is 2.00 bits per heavy atom. The van der Waals surface area contributed by atoms with E-state index in [2.05, 4.69) is 5.32 Å². The molecule has 236 valence electrons. The molecule has 4 aromatic rings. The summed E-state index contributed by atoms with van der Waals surface area (Å²) in [5, 5.41) is 3.01. The fourth-order valence-electron chi connectivity index (χ4n) is 4.95. The standard InChI is InChI=1S/C36H41N3O5S/c1-4-5-24-37-36(41)34(25-29-12-8-6-9-13-29)38(26-30-14-10-7-11-15-30)35(40)27-39(31-18-16-28(2)17-19-31)45(42,43)33-22-20-32(44-3)21-23-33/h6-23,34H,4-5,24-27H2,1-3H3,(H,37,41)/t34-/m1/s1. The van der Waals surface area contributed by atoms with E-state index in [9.17, 15) is 18.0 Å². The lowest BCUT2D eigenvalue weighted by Gasteiger charge is -2.34. The van der Waals surface area contributed by atoms with Crippen molar-refractivity contribution in [2.24, 2.45) is 0 Å². The Hall–Kier alpha value is -4.63. The molecular formula is C36H41N3O5S. The molecule has 0 aliphatic heterocycles. The van der Waals surface area contributed by atoms with E-state index in [4.69, 9.17) is 4.74 Å². The predicted molar refractivity (Wildman–Crippen MR) is 178 cm³/mol. The van der Waals surface area contributed by atoms with Gasteiger partial charge in [-0.05, 0) is 60.9 Å². The maximum Gasteiger partial charge on any atom is 0.264 e. The minimum Gasteiger partial charge on any atom is -0.497 e. The van der Waals surface area contributed by atoms with E-state index in [1.807, 2.05) is 74.5 Å². The summed E-state index contributed by atoms with van der Waals surface area (Å²) < 4.78 is 34.6.